The molecule has 0 saturated carbocycles. The fourth-order valence-electron chi connectivity index (χ4n) is 4.23. The van der Waals surface area contributed by atoms with Crippen LogP contribution in [0.1, 0.15) is 67.8 Å². The van der Waals surface area contributed by atoms with E-state index in [-0.39, 0.29) is 25.4 Å². The van der Waals surface area contributed by atoms with Gasteiger partial charge in [-0.25, -0.2) is 14.8 Å². The number of nitrogens with zero attached hydrogens (tertiary/aromatic N) is 2. The molecule has 194 valence electrons. The second-order valence-electron chi connectivity index (χ2n) is 8.98. The normalized spacial score (nSPS) is 20.5. The Balaban J connectivity index is 1.56. The molecule has 4 rings (SSSR count). The summed E-state index contributed by atoms with van der Waals surface area (Å²) in [5.41, 5.74) is 2.02. The molecule has 1 aromatic heterocycles. The van der Waals surface area contributed by atoms with Crippen molar-refractivity contribution in [1.29, 1.82) is 0 Å². The molecule has 1 aromatic carbocycles. The van der Waals surface area contributed by atoms with Gasteiger partial charge in [-0.15, -0.1) is 0 Å². The predicted molar refractivity (Wildman–Crippen MR) is 127 cm³/mol. The predicted octanol–water partition coefficient (Wildman–Crippen LogP) is 3.68. The van der Waals surface area contributed by atoms with E-state index in [4.69, 9.17) is 23.7 Å². The van der Waals surface area contributed by atoms with E-state index < -0.39 is 18.0 Å². The average Bonchev–Trinajstić information content (AvgIpc) is 3.40. The molecule has 3 heterocycles. The molecule has 36 heavy (non-hydrogen) atoms. The summed E-state index contributed by atoms with van der Waals surface area (Å²) >= 11 is 0. The molecule has 3 atom stereocenters. The van der Waals surface area contributed by atoms with Crippen LogP contribution in [0.25, 0.3) is 0 Å². The zero-order chi connectivity index (χ0) is 25.5. The van der Waals surface area contributed by atoms with Crippen molar-refractivity contribution in [2.75, 3.05) is 13.2 Å². The molecule has 2 aromatic rings. The van der Waals surface area contributed by atoms with E-state index in [1.165, 1.54) is 6.92 Å². The maximum Gasteiger partial charge on any atom is 0.345 e. The minimum atomic E-state index is -1.36. The lowest BCUT2D eigenvalue weighted by Gasteiger charge is -2.25. The highest BCUT2D eigenvalue weighted by Gasteiger charge is 2.25. The monoisotopic (exact) mass is 500 g/mol. The van der Waals surface area contributed by atoms with Gasteiger partial charge in [-0.05, 0) is 56.4 Å². The van der Waals surface area contributed by atoms with Crippen molar-refractivity contribution in [1.82, 2.24) is 9.97 Å². The molecule has 10 heteroatoms. The number of carbonyl (C=O) groups is 2. The van der Waals surface area contributed by atoms with E-state index in [1.807, 2.05) is 6.92 Å². The summed E-state index contributed by atoms with van der Waals surface area (Å²) in [7, 11) is 0. The fraction of sp³-hybridized carbons (Fsp3) is 0.538. The number of esters is 1. The minimum Gasteiger partial charge on any atom is -0.487 e. The van der Waals surface area contributed by atoms with E-state index in [2.05, 4.69) is 9.97 Å². The van der Waals surface area contributed by atoms with Gasteiger partial charge in [0.2, 0.25) is 6.10 Å². The number of carboxylic acid groups (broad SMARTS) is 1. The molecule has 2 aliphatic heterocycles. The smallest absolute Gasteiger partial charge is 0.345 e. The molecule has 1 N–H and O–H groups in total. The molecule has 2 fully saturated rings. The Kier molecular flexibility index (Phi) is 8.71. The van der Waals surface area contributed by atoms with Crippen molar-refractivity contribution in [3.8, 4) is 11.5 Å². The second-order valence-corrected chi connectivity index (χ2v) is 8.98. The first-order valence-corrected chi connectivity index (χ1v) is 12.3. The number of hydrogen-bond donors (Lipinski definition) is 1. The fourth-order valence-corrected chi connectivity index (χ4v) is 4.23. The van der Waals surface area contributed by atoms with E-state index in [9.17, 15) is 14.7 Å². The Hall–Kier alpha value is -3.24. The van der Waals surface area contributed by atoms with Gasteiger partial charge in [-0.1, -0.05) is 0 Å². The molecule has 10 nitrogen and oxygen atoms in total. The molecule has 0 aliphatic carbocycles. The number of rotatable bonds is 10. The van der Waals surface area contributed by atoms with Gasteiger partial charge in [0.1, 0.15) is 24.2 Å². The van der Waals surface area contributed by atoms with Crippen LogP contribution in [0.3, 0.4) is 0 Å². The zero-order valence-corrected chi connectivity index (χ0v) is 20.6. The van der Waals surface area contributed by atoms with Crippen LogP contribution in [-0.2, 0) is 36.8 Å². The lowest BCUT2D eigenvalue weighted by atomic mass is 10.0. The molecule has 3 unspecified atom stereocenters. The Morgan fingerprint density at radius 2 is 1.97 bits per heavy atom. The zero-order valence-electron chi connectivity index (χ0n) is 20.6. The van der Waals surface area contributed by atoms with E-state index in [1.54, 1.807) is 24.4 Å². The summed E-state index contributed by atoms with van der Waals surface area (Å²) in [5.74, 6) is -0.264. The Morgan fingerprint density at radius 3 is 2.67 bits per heavy atom. The van der Waals surface area contributed by atoms with E-state index >= 15 is 0 Å². The van der Waals surface area contributed by atoms with E-state index in [0.717, 1.165) is 37.7 Å². The summed E-state index contributed by atoms with van der Waals surface area (Å²) in [5, 5.41) is 9.60. The van der Waals surface area contributed by atoms with Gasteiger partial charge >= 0.3 is 11.9 Å². The van der Waals surface area contributed by atoms with Crippen LogP contribution < -0.4 is 9.47 Å². The van der Waals surface area contributed by atoms with Gasteiger partial charge in [0, 0.05) is 38.1 Å². The first-order chi connectivity index (χ1) is 17.4. The van der Waals surface area contributed by atoms with Crippen molar-refractivity contribution < 1.29 is 38.4 Å². The summed E-state index contributed by atoms with van der Waals surface area (Å²) in [4.78, 5) is 32.2. The lowest BCUT2D eigenvalue weighted by molar-refractivity contribution is -0.162. The van der Waals surface area contributed by atoms with Crippen LogP contribution in [0.5, 0.6) is 11.5 Å². The Bertz CT molecular complexity index is 1060. The van der Waals surface area contributed by atoms with Gasteiger partial charge in [0.15, 0.2) is 12.1 Å². The highest BCUT2D eigenvalue weighted by atomic mass is 16.7. The molecule has 2 aliphatic rings. The second kappa shape index (κ2) is 12.1. The van der Waals surface area contributed by atoms with Crippen LogP contribution in [-0.4, -0.2) is 52.6 Å². The summed E-state index contributed by atoms with van der Waals surface area (Å²) in [6.07, 6.45) is 4.40. The summed E-state index contributed by atoms with van der Waals surface area (Å²) in [6, 6.07) is 5.30. The third-order valence-corrected chi connectivity index (χ3v) is 6.07. The highest BCUT2D eigenvalue weighted by Crippen LogP contribution is 2.32. The molecular weight excluding hydrogens is 468 g/mol. The molecule has 0 bridgehead atoms. The number of aryl methyl sites for hydroxylation is 1. The summed E-state index contributed by atoms with van der Waals surface area (Å²) in [6.45, 7) is 4.54. The third-order valence-electron chi connectivity index (χ3n) is 6.07. The number of aromatic nitrogens is 2. The van der Waals surface area contributed by atoms with Crippen LogP contribution in [0, 0.1) is 6.92 Å². The topological polar surface area (TPSA) is 126 Å². The van der Waals surface area contributed by atoms with Gasteiger partial charge in [0.25, 0.3) is 0 Å². The van der Waals surface area contributed by atoms with Crippen LogP contribution >= 0.6 is 0 Å². The lowest BCUT2D eigenvalue weighted by Crippen LogP contribution is -2.29. The van der Waals surface area contributed by atoms with Gasteiger partial charge < -0.3 is 28.8 Å². The number of hydrogen-bond acceptors (Lipinski definition) is 9. The van der Waals surface area contributed by atoms with Crippen molar-refractivity contribution in [2.24, 2.45) is 0 Å². The average molecular weight is 501 g/mol. The van der Waals surface area contributed by atoms with Crippen LogP contribution in [0.4, 0.5) is 0 Å². The molecular formula is C26H32N2O8. The van der Waals surface area contributed by atoms with Crippen molar-refractivity contribution in [2.45, 2.75) is 77.5 Å². The quantitative estimate of drug-likeness (QED) is 0.483. The number of benzene rings is 1. The summed E-state index contributed by atoms with van der Waals surface area (Å²) < 4.78 is 28.6. The number of ether oxygens (including phenoxy) is 5. The first-order valence-electron chi connectivity index (χ1n) is 12.3. The number of aliphatic carboxylic acids is 1. The maximum atomic E-state index is 11.8. The van der Waals surface area contributed by atoms with E-state index in [0.29, 0.717) is 41.8 Å². The largest absolute Gasteiger partial charge is 0.487 e. The molecule has 0 amide bonds. The SMILES string of the molecule is CC(=O)OC(Cc1cc(OC2CCCCO2)c(C)cc1OCc1ccnc(C2CCCO2)n1)C(=O)O. The maximum absolute atomic E-state index is 11.8. The van der Waals surface area contributed by atoms with Crippen molar-refractivity contribution in [3.63, 3.8) is 0 Å². The van der Waals surface area contributed by atoms with Crippen molar-refractivity contribution >= 4 is 11.9 Å². The van der Waals surface area contributed by atoms with Gasteiger partial charge in [-0.2, -0.15) is 0 Å². The number of carbonyl (C=O) groups excluding carboxylic acids is 1. The molecule has 2 saturated heterocycles. The molecule has 0 spiro atoms. The van der Waals surface area contributed by atoms with Gasteiger partial charge in [0.05, 0.1) is 12.3 Å². The number of carboxylic acids is 1. The Labute approximate surface area is 209 Å². The van der Waals surface area contributed by atoms with Crippen LogP contribution in [0.15, 0.2) is 24.4 Å². The van der Waals surface area contributed by atoms with Crippen molar-refractivity contribution in [3.05, 3.63) is 47.0 Å². The standard InChI is InChI=1S/C26H32N2O8/c1-16-12-22(34-15-19-8-9-27-25(28-19)20-6-5-11-32-20)18(14-23(26(30)31)35-17(2)29)13-21(16)36-24-7-3-4-10-33-24/h8-9,12-13,20,23-24H,3-7,10-11,14-15H2,1-2H3,(H,30,31). The first kappa shape index (κ1) is 25.8. The third kappa shape index (κ3) is 6.92. The van der Waals surface area contributed by atoms with Gasteiger partial charge in [-0.3, -0.25) is 4.79 Å². The molecule has 0 radical (unpaired) electrons. The van der Waals surface area contributed by atoms with Crippen LogP contribution in [0.2, 0.25) is 0 Å². The minimum absolute atomic E-state index is 0.0860. The Morgan fingerprint density at radius 1 is 1.14 bits per heavy atom. The highest BCUT2D eigenvalue weighted by molar-refractivity contribution is 5.77.